The van der Waals surface area contributed by atoms with E-state index in [0.717, 1.165) is 11.5 Å². The minimum atomic E-state index is -4.51. The zero-order valence-corrected chi connectivity index (χ0v) is 7.48. The van der Waals surface area contributed by atoms with Crippen molar-refractivity contribution < 1.29 is 22.7 Å². The highest BCUT2D eigenvalue weighted by atomic mass is 32.1. The number of alkyl halides is 3. The molecule has 0 saturated heterocycles. The lowest BCUT2D eigenvalue weighted by Gasteiger charge is -2.07. The predicted molar refractivity (Wildman–Crippen MR) is 43.1 cm³/mol. The highest BCUT2D eigenvalue weighted by Gasteiger charge is 2.29. The number of hydrogen-bond acceptors (Lipinski definition) is 4. The van der Waals surface area contributed by atoms with Crippen molar-refractivity contribution in [3.05, 3.63) is 11.4 Å². The lowest BCUT2D eigenvalue weighted by atomic mass is 10.6. The second-order valence-corrected chi connectivity index (χ2v) is 2.87. The Hall–Kier alpha value is -1.31. The highest BCUT2D eigenvalue weighted by Crippen LogP contribution is 2.15. The summed E-state index contributed by atoms with van der Waals surface area (Å²) in [7, 11) is 0. The van der Waals surface area contributed by atoms with Gasteiger partial charge in [0, 0.05) is 5.38 Å². The van der Waals surface area contributed by atoms with Crippen molar-refractivity contribution in [3.63, 3.8) is 0 Å². The molecular formula is C6H5F3N2O2S. The summed E-state index contributed by atoms with van der Waals surface area (Å²) in [4.78, 5) is 10.7. The van der Waals surface area contributed by atoms with E-state index >= 15 is 0 Å². The van der Waals surface area contributed by atoms with Gasteiger partial charge in [-0.1, -0.05) is 0 Å². The van der Waals surface area contributed by atoms with Crippen LogP contribution in [0.3, 0.4) is 0 Å². The van der Waals surface area contributed by atoms with E-state index in [1.54, 1.807) is 5.38 Å². The van der Waals surface area contributed by atoms with Crippen molar-refractivity contribution in [2.75, 3.05) is 11.9 Å². The number of carbonyl (C=O) groups is 1. The van der Waals surface area contributed by atoms with Crippen LogP contribution < -0.4 is 5.32 Å². The number of rotatable bonds is 2. The summed E-state index contributed by atoms with van der Waals surface area (Å²) in [5, 5.41) is 3.60. The van der Waals surface area contributed by atoms with E-state index in [1.165, 1.54) is 6.07 Å². The van der Waals surface area contributed by atoms with Crippen molar-refractivity contribution in [1.29, 1.82) is 0 Å². The second kappa shape index (κ2) is 4.27. The molecule has 1 aromatic heterocycles. The molecular weight excluding hydrogens is 221 g/mol. The average Bonchev–Trinajstić information content (AvgIpc) is 2.52. The van der Waals surface area contributed by atoms with Crippen molar-refractivity contribution in [3.8, 4) is 0 Å². The van der Waals surface area contributed by atoms with Gasteiger partial charge in [0.1, 0.15) is 5.82 Å². The smallest absolute Gasteiger partial charge is 0.422 e. The zero-order valence-electron chi connectivity index (χ0n) is 6.67. The van der Waals surface area contributed by atoms with Gasteiger partial charge in [0.25, 0.3) is 0 Å². The second-order valence-electron chi connectivity index (χ2n) is 2.20. The highest BCUT2D eigenvalue weighted by molar-refractivity contribution is 7.03. The van der Waals surface area contributed by atoms with Crippen LogP contribution in [0.1, 0.15) is 0 Å². The van der Waals surface area contributed by atoms with E-state index in [9.17, 15) is 18.0 Å². The van der Waals surface area contributed by atoms with Crippen molar-refractivity contribution in [2.24, 2.45) is 0 Å². The zero-order chi connectivity index (χ0) is 10.6. The molecule has 1 rings (SSSR count). The van der Waals surface area contributed by atoms with Crippen molar-refractivity contribution in [1.82, 2.24) is 4.37 Å². The lowest BCUT2D eigenvalue weighted by Crippen LogP contribution is -2.23. The molecule has 4 nitrogen and oxygen atoms in total. The van der Waals surface area contributed by atoms with Crippen LogP contribution in [0.15, 0.2) is 11.4 Å². The Bertz CT molecular complexity index is 299. The molecule has 0 unspecified atom stereocenters. The van der Waals surface area contributed by atoms with Crippen LogP contribution in [0.25, 0.3) is 0 Å². The molecule has 0 aliphatic rings. The number of halogens is 3. The summed E-state index contributed by atoms with van der Waals surface area (Å²) in [6, 6.07) is 1.44. The molecule has 0 aliphatic heterocycles. The summed E-state index contributed by atoms with van der Waals surface area (Å²) < 4.78 is 42.2. The van der Waals surface area contributed by atoms with Crippen LogP contribution >= 0.6 is 11.5 Å². The van der Waals surface area contributed by atoms with Gasteiger partial charge in [-0.25, -0.2) is 4.79 Å². The topological polar surface area (TPSA) is 51.2 Å². The first-order valence-electron chi connectivity index (χ1n) is 3.38. The van der Waals surface area contributed by atoms with Gasteiger partial charge in [-0.15, -0.1) is 0 Å². The fourth-order valence-electron chi connectivity index (χ4n) is 0.565. The number of amides is 1. The maximum Gasteiger partial charge on any atom is 0.422 e. The molecule has 1 aromatic rings. The monoisotopic (exact) mass is 226 g/mol. The molecule has 0 aromatic carbocycles. The predicted octanol–water partition coefficient (Wildman–Crippen LogP) is 2.25. The Balaban J connectivity index is 2.30. The Morgan fingerprint density at radius 1 is 1.64 bits per heavy atom. The minimum absolute atomic E-state index is 0.169. The van der Waals surface area contributed by atoms with Crippen LogP contribution in [0.4, 0.5) is 23.8 Å². The van der Waals surface area contributed by atoms with E-state index in [0.29, 0.717) is 0 Å². The Morgan fingerprint density at radius 2 is 2.36 bits per heavy atom. The molecule has 14 heavy (non-hydrogen) atoms. The number of ether oxygens (including phenoxy) is 1. The van der Waals surface area contributed by atoms with Gasteiger partial charge in [0.15, 0.2) is 6.61 Å². The minimum Gasteiger partial charge on any atom is -0.440 e. The molecule has 0 bridgehead atoms. The number of aromatic nitrogens is 1. The standard InChI is InChI=1S/C6H5F3N2O2S/c7-6(8,9)3-13-5(12)10-4-1-2-14-11-4/h1-2H,3H2,(H,10,11,12). The summed E-state index contributed by atoms with van der Waals surface area (Å²) >= 11 is 1.06. The van der Waals surface area contributed by atoms with Crippen LogP contribution in [0, 0.1) is 0 Å². The molecule has 1 heterocycles. The third kappa shape index (κ3) is 4.08. The van der Waals surface area contributed by atoms with Crippen molar-refractivity contribution >= 4 is 23.4 Å². The van der Waals surface area contributed by atoms with Crippen LogP contribution in [0.2, 0.25) is 0 Å². The molecule has 1 N–H and O–H groups in total. The third-order valence-electron chi connectivity index (χ3n) is 1.03. The maximum atomic E-state index is 11.6. The SMILES string of the molecule is O=C(Nc1ccsn1)OCC(F)(F)F. The van der Waals surface area contributed by atoms with Gasteiger partial charge in [0.05, 0.1) is 0 Å². The molecule has 0 fully saturated rings. The number of carbonyl (C=O) groups excluding carboxylic acids is 1. The number of nitrogens with one attached hydrogen (secondary N) is 1. The summed E-state index contributed by atoms with van der Waals surface area (Å²) in [5.41, 5.74) is 0. The summed E-state index contributed by atoms with van der Waals surface area (Å²) in [5.74, 6) is 0.169. The normalized spacial score (nSPS) is 11.1. The van der Waals surface area contributed by atoms with Crippen LogP contribution in [-0.4, -0.2) is 23.2 Å². The Morgan fingerprint density at radius 3 is 2.86 bits per heavy atom. The molecule has 8 heteroatoms. The van der Waals surface area contributed by atoms with Gasteiger partial charge < -0.3 is 4.74 Å². The van der Waals surface area contributed by atoms with Gasteiger partial charge in [-0.2, -0.15) is 17.5 Å². The lowest BCUT2D eigenvalue weighted by molar-refractivity contribution is -0.159. The molecule has 0 spiro atoms. The Labute approximate surface area is 80.8 Å². The number of nitrogens with zero attached hydrogens (tertiary/aromatic N) is 1. The first kappa shape index (κ1) is 10.8. The first-order valence-corrected chi connectivity index (χ1v) is 4.22. The summed E-state index contributed by atoms with van der Waals surface area (Å²) in [6.45, 7) is -1.61. The van der Waals surface area contributed by atoms with Crippen LogP contribution in [0.5, 0.6) is 0 Å². The Kier molecular flexibility index (Phi) is 3.28. The van der Waals surface area contributed by atoms with Crippen LogP contribution in [-0.2, 0) is 4.74 Å². The van der Waals surface area contributed by atoms with Gasteiger partial charge in [-0.05, 0) is 17.6 Å². The quantitative estimate of drug-likeness (QED) is 0.841. The van der Waals surface area contributed by atoms with E-state index in [4.69, 9.17) is 0 Å². The van der Waals surface area contributed by atoms with E-state index in [2.05, 4.69) is 9.11 Å². The molecule has 1 amide bonds. The van der Waals surface area contributed by atoms with Gasteiger partial charge in [0.2, 0.25) is 0 Å². The van der Waals surface area contributed by atoms with E-state index in [1.807, 2.05) is 5.32 Å². The third-order valence-corrected chi connectivity index (χ3v) is 1.59. The van der Waals surface area contributed by atoms with Crippen molar-refractivity contribution in [2.45, 2.75) is 6.18 Å². The summed E-state index contributed by atoms with van der Waals surface area (Å²) in [6.07, 6.45) is -5.69. The molecule has 0 aliphatic carbocycles. The molecule has 0 atom stereocenters. The average molecular weight is 226 g/mol. The van der Waals surface area contributed by atoms with Gasteiger partial charge >= 0.3 is 12.3 Å². The molecule has 78 valence electrons. The maximum absolute atomic E-state index is 11.6. The van der Waals surface area contributed by atoms with E-state index < -0.39 is 18.9 Å². The fraction of sp³-hybridized carbons (Fsp3) is 0.333. The molecule has 0 saturated carbocycles. The first-order chi connectivity index (χ1) is 6.47. The molecule has 0 radical (unpaired) electrons. The fourth-order valence-corrected chi connectivity index (χ4v) is 1.04. The van der Waals surface area contributed by atoms with Gasteiger partial charge in [-0.3, -0.25) is 5.32 Å². The van der Waals surface area contributed by atoms with E-state index in [-0.39, 0.29) is 5.82 Å². The largest absolute Gasteiger partial charge is 0.440 e. The number of hydrogen-bond donors (Lipinski definition) is 1. The number of anilines is 1.